The average molecular weight is 364 g/mol. The minimum absolute atomic E-state index is 0.155. The van der Waals surface area contributed by atoms with Crippen molar-refractivity contribution in [1.82, 2.24) is 0 Å². The summed E-state index contributed by atoms with van der Waals surface area (Å²) < 4.78 is 10.7. The summed E-state index contributed by atoms with van der Waals surface area (Å²) in [5.74, 6) is 1.28. The molecule has 0 aromatic heterocycles. The van der Waals surface area contributed by atoms with Crippen LogP contribution in [0, 0.1) is 0 Å². The highest BCUT2D eigenvalue weighted by Gasteiger charge is 2.27. The van der Waals surface area contributed by atoms with Crippen molar-refractivity contribution >= 4 is 35.0 Å². The van der Waals surface area contributed by atoms with Crippen LogP contribution in [0.4, 0.5) is 5.69 Å². The Kier molecular flexibility index (Phi) is 5.53. The average Bonchev–Trinajstić information content (AvgIpc) is 2.61. The number of morpholine rings is 1. The molecule has 3 rings (SSSR count). The van der Waals surface area contributed by atoms with E-state index in [4.69, 9.17) is 21.1 Å². The van der Waals surface area contributed by atoms with Crippen molar-refractivity contribution in [1.29, 1.82) is 0 Å². The molecule has 0 amide bonds. The zero-order valence-corrected chi connectivity index (χ0v) is 14.8. The van der Waals surface area contributed by atoms with Gasteiger partial charge < -0.3 is 14.4 Å². The first-order chi connectivity index (χ1) is 11.6. The van der Waals surface area contributed by atoms with Gasteiger partial charge in [-0.3, -0.25) is 4.79 Å². The molecule has 6 heteroatoms. The molecule has 1 unspecified atom stereocenters. The number of methoxy groups -OCH3 is 1. The Morgan fingerprint density at radius 3 is 2.83 bits per heavy atom. The standard InChI is InChI=1S/C18H18ClNO3S/c1-22-15-4-2-3-14(9-15)20-10-16(23-18(21)11-20)12-24-17-7-5-13(19)6-8-17/h2-9,16H,10-12H2,1H3. The van der Waals surface area contributed by atoms with Crippen LogP contribution in [0.2, 0.25) is 5.02 Å². The molecule has 4 nitrogen and oxygen atoms in total. The minimum Gasteiger partial charge on any atom is -0.497 e. The molecule has 0 spiro atoms. The highest BCUT2D eigenvalue weighted by Crippen LogP contribution is 2.26. The molecule has 1 aliphatic heterocycles. The highest BCUT2D eigenvalue weighted by atomic mass is 35.5. The lowest BCUT2D eigenvalue weighted by atomic mass is 10.2. The fraction of sp³-hybridized carbons (Fsp3) is 0.278. The summed E-state index contributed by atoms with van der Waals surface area (Å²) in [6.07, 6.45) is -0.155. The van der Waals surface area contributed by atoms with E-state index in [9.17, 15) is 4.79 Å². The number of carbonyl (C=O) groups excluding carboxylic acids is 1. The van der Waals surface area contributed by atoms with Crippen molar-refractivity contribution in [3.05, 3.63) is 53.6 Å². The quantitative estimate of drug-likeness (QED) is 0.595. The van der Waals surface area contributed by atoms with Crippen LogP contribution in [0.25, 0.3) is 0 Å². The number of carbonyl (C=O) groups is 1. The van der Waals surface area contributed by atoms with E-state index in [0.717, 1.165) is 16.3 Å². The Morgan fingerprint density at radius 2 is 2.08 bits per heavy atom. The fourth-order valence-electron chi connectivity index (χ4n) is 2.54. The van der Waals surface area contributed by atoms with Crippen LogP contribution in [0.5, 0.6) is 5.75 Å². The molecule has 1 fully saturated rings. The van der Waals surface area contributed by atoms with Gasteiger partial charge in [0.05, 0.1) is 13.7 Å². The number of hydrogen-bond donors (Lipinski definition) is 0. The minimum atomic E-state index is -0.203. The van der Waals surface area contributed by atoms with Crippen LogP contribution in [0.1, 0.15) is 0 Å². The molecule has 2 aromatic carbocycles. The van der Waals surface area contributed by atoms with E-state index in [-0.39, 0.29) is 18.6 Å². The third-order valence-corrected chi connectivity index (χ3v) is 5.11. The molecule has 0 saturated carbocycles. The van der Waals surface area contributed by atoms with E-state index >= 15 is 0 Å². The number of halogens is 1. The number of thioether (sulfide) groups is 1. The van der Waals surface area contributed by atoms with E-state index in [1.165, 1.54) is 0 Å². The van der Waals surface area contributed by atoms with E-state index in [2.05, 4.69) is 0 Å². The van der Waals surface area contributed by atoms with Crippen LogP contribution in [0.15, 0.2) is 53.4 Å². The first-order valence-electron chi connectivity index (χ1n) is 7.61. The molecule has 0 N–H and O–H groups in total. The van der Waals surface area contributed by atoms with E-state index in [0.29, 0.717) is 17.3 Å². The number of esters is 1. The number of rotatable bonds is 5. The van der Waals surface area contributed by atoms with Gasteiger partial charge in [-0.15, -0.1) is 11.8 Å². The lowest BCUT2D eigenvalue weighted by molar-refractivity contribution is -0.148. The van der Waals surface area contributed by atoms with Crippen molar-refractivity contribution in [2.45, 2.75) is 11.0 Å². The van der Waals surface area contributed by atoms with Gasteiger partial charge in [-0.05, 0) is 36.4 Å². The largest absolute Gasteiger partial charge is 0.497 e. The number of nitrogens with zero attached hydrogens (tertiary/aromatic N) is 1. The van der Waals surface area contributed by atoms with Gasteiger partial charge in [-0.1, -0.05) is 17.7 Å². The lowest BCUT2D eigenvalue weighted by Gasteiger charge is -2.33. The normalized spacial score (nSPS) is 17.5. The monoisotopic (exact) mass is 363 g/mol. The molecule has 24 heavy (non-hydrogen) atoms. The Labute approximate surface area is 150 Å². The number of ether oxygens (including phenoxy) is 2. The van der Waals surface area contributed by atoms with Gasteiger partial charge in [-0.2, -0.15) is 0 Å². The molecule has 1 saturated heterocycles. The molecule has 1 heterocycles. The third kappa shape index (κ3) is 4.36. The molecule has 126 valence electrons. The van der Waals surface area contributed by atoms with Crippen molar-refractivity contribution in [3.8, 4) is 5.75 Å². The van der Waals surface area contributed by atoms with Crippen molar-refractivity contribution in [3.63, 3.8) is 0 Å². The maximum absolute atomic E-state index is 11.9. The fourth-order valence-corrected chi connectivity index (χ4v) is 3.54. The van der Waals surface area contributed by atoms with Crippen LogP contribution >= 0.6 is 23.4 Å². The summed E-state index contributed by atoms with van der Waals surface area (Å²) in [4.78, 5) is 15.1. The molecular formula is C18H18ClNO3S. The van der Waals surface area contributed by atoms with Gasteiger partial charge in [0, 0.05) is 27.4 Å². The van der Waals surface area contributed by atoms with E-state index in [1.54, 1.807) is 18.9 Å². The van der Waals surface area contributed by atoms with Crippen LogP contribution in [0.3, 0.4) is 0 Å². The van der Waals surface area contributed by atoms with Crippen LogP contribution < -0.4 is 9.64 Å². The predicted molar refractivity (Wildman–Crippen MR) is 97.3 cm³/mol. The summed E-state index contributed by atoms with van der Waals surface area (Å²) in [7, 11) is 1.63. The second kappa shape index (κ2) is 7.81. The third-order valence-electron chi connectivity index (χ3n) is 3.71. The first kappa shape index (κ1) is 17.0. The van der Waals surface area contributed by atoms with Crippen LogP contribution in [-0.2, 0) is 9.53 Å². The zero-order valence-electron chi connectivity index (χ0n) is 13.3. The van der Waals surface area contributed by atoms with E-state index < -0.39 is 0 Å². The number of cyclic esters (lactones) is 1. The summed E-state index contributed by atoms with van der Waals surface area (Å²) in [5.41, 5.74) is 0.965. The second-order valence-corrected chi connectivity index (χ2v) is 6.99. The molecule has 1 atom stereocenters. The Bertz CT molecular complexity index is 708. The molecule has 1 aliphatic rings. The van der Waals surface area contributed by atoms with E-state index in [1.807, 2.05) is 53.4 Å². The number of anilines is 1. The van der Waals surface area contributed by atoms with Crippen molar-refractivity contribution in [2.24, 2.45) is 0 Å². The summed E-state index contributed by atoms with van der Waals surface area (Å²) in [6.45, 7) is 0.925. The van der Waals surface area contributed by atoms with Gasteiger partial charge in [0.25, 0.3) is 0 Å². The molecule has 2 aromatic rings. The van der Waals surface area contributed by atoms with Gasteiger partial charge in [0.2, 0.25) is 0 Å². The van der Waals surface area contributed by atoms with Gasteiger partial charge >= 0.3 is 5.97 Å². The predicted octanol–water partition coefficient (Wildman–Crippen LogP) is 3.87. The van der Waals surface area contributed by atoms with Crippen LogP contribution in [-0.4, -0.2) is 38.0 Å². The second-order valence-electron chi connectivity index (χ2n) is 5.46. The Hall–Kier alpha value is -1.85. The summed E-state index contributed by atoms with van der Waals surface area (Å²) in [5, 5.41) is 0.715. The van der Waals surface area contributed by atoms with Gasteiger partial charge in [0.1, 0.15) is 18.4 Å². The summed E-state index contributed by atoms with van der Waals surface area (Å²) in [6, 6.07) is 15.4. The highest BCUT2D eigenvalue weighted by molar-refractivity contribution is 7.99. The zero-order chi connectivity index (χ0) is 16.9. The maximum atomic E-state index is 11.9. The topological polar surface area (TPSA) is 38.8 Å². The maximum Gasteiger partial charge on any atom is 0.325 e. The SMILES string of the molecule is COc1cccc(N2CC(=O)OC(CSc3ccc(Cl)cc3)C2)c1. The Morgan fingerprint density at radius 1 is 1.29 bits per heavy atom. The molecular weight excluding hydrogens is 346 g/mol. The van der Waals surface area contributed by atoms with Gasteiger partial charge in [0.15, 0.2) is 0 Å². The summed E-state index contributed by atoms with van der Waals surface area (Å²) >= 11 is 7.55. The van der Waals surface area contributed by atoms with Crippen molar-refractivity contribution in [2.75, 3.05) is 30.9 Å². The molecule has 0 radical (unpaired) electrons. The number of hydrogen-bond acceptors (Lipinski definition) is 5. The smallest absolute Gasteiger partial charge is 0.325 e. The lowest BCUT2D eigenvalue weighted by Crippen LogP contribution is -2.46. The first-order valence-corrected chi connectivity index (χ1v) is 8.97. The van der Waals surface area contributed by atoms with Crippen molar-refractivity contribution < 1.29 is 14.3 Å². The Balaban J connectivity index is 1.64. The number of benzene rings is 2. The van der Waals surface area contributed by atoms with Gasteiger partial charge in [-0.25, -0.2) is 0 Å². The molecule has 0 aliphatic carbocycles. The molecule has 0 bridgehead atoms.